The fourth-order valence-electron chi connectivity index (χ4n) is 3.34. The summed E-state index contributed by atoms with van der Waals surface area (Å²) in [6.07, 6.45) is 1.48. The molecule has 0 aliphatic carbocycles. The van der Waals surface area contributed by atoms with Crippen molar-refractivity contribution in [1.82, 2.24) is 19.0 Å². The molecule has 3 rings (SSSR count). The molecule has 1 aliphatic heterocycles. The molecule has 2 heterocycles. The van der Waals surface area contributed by atoms with E-state index in [9.17, 15) is 8.42 Å². The van der Waals surface area contributed by atoms with Gasteiger partial charge in [0.2, 0.25) is 10.0 Å². The Morgan fingerprint density at radius 2 is 1.84 bits per heavy atom. The van der Waals surface area contributed by atoms with Crippen molar-refractivity contribution in [2.45, 2.75) is 38.8 Å². The van der Waals surface area contributed by atoms with Crippen molar-refractivity contribution < 1.29 is 8.42 Å². The third-order valence-electron chi connectivity index (χ3n) is 4.80. The first-order chi connectivity index (χ1) is 11.9. The minimum atomic E-state index is -3.46. The highest BCUT2D eigenvalue weighted by Gasteiger charge is 2.31. The molecule has 0 spiro atoms. The maximum atomic E-state index is 12.9. The van der Waals surface area contributed by atoms with Crippen LogP contribution >= 0.6 is 0 Å². The Balaban J connectivity index is 1.66. The molecular weight excluding hydrogens is 336 g/mol. The fourth-order valence-corrected chi connectivity index (χ4v) is 4.92. The first-order valence-electron chi connectivity index (χ1n) is 8.72. The zero-order valence-corrected chi connectivity index (χ0v) is 16.0. The Morgan fingerprint density at radius 3 is 2.44 bits per heavy atom. The molecule has 2 aromatic rings. The smallest absolute Gasteiger partial charge is 0.246 e. The summed E-state index contributed by atoms with van der Waals surface area (Å²) >= 11 is 0. The van der Waals surface area contributed by atoms with Crippen LogP contribution in [-0.4, -0.2) is 53.6 Å². The molecule has 7 heteroatoms. The van der Waals surface area contributed by atoms with Gasteiger partial charge in [-0.05, 0) is 26.3 Å². The summed E-state index contributed by atoms with van der Waals surface area (Å²) < 4.78 is 29.1. The van der Waals surface area contributed by atoms with E-state index in [1.165, 1.54) is 17.3 Å². The molecule has 0 unspecified atom stereocenters. The number of sulfonamides is 1. The molecule has 1 aliphatic rings. The molecule has 1 fully saturated rings. The lowest BCUT2D eigenvalue weighted by atomic mass is 10.1. The number of hydrogen-bond donors (Lipinski definition) is 0. The van der Waals surface area contributed by atoms with Crippen LogP contribution in [0.5, 0.6) is 0 Å². The van der Waals surface area contributed by atoms with E-state index < -0.39 is 10.0 Å². The summed E-state index contributed by atoms with van der Waals surface area (Å²) in [5, 5.41) is 4.17. The van der Waals surface area contributed by atoms with Gasteiger partial charge >= 0.3 is 0 Å². The highest BCUT2D eigenvalue weighted by atomic mass is 32.2. The number of hydrogen-bond acceptors (Lipinski definition) is 4. The third kappa shape index (κ3) is 3.78. The van der Waals surface area contributed by atoms with Crippen LogP contribution in [0.3, 0.4) is 0 Å². The number of benzene rings is 1. The van der Waals surface area contributed by atoms with E-state index in [4.69, 9.17) is 0 Å². The number of aryl methyl sites for hydroxylation is 2. The average Bonchev–Trinajstić information content (AvgIpc) is 2.97. The molecule has 0 amide bonds. The van der Waals surface area contributed by atoms with Gasteiger partial charge in [0.25, 0.3) is 0 Å². The van der Waals surface area contributed by atoms with Gasteiger partial charge in [0.05, 0.1) is 11.9 Å². The standard InChI is InChI=1S/C18H26N4O2S/c1-4-22-16(3)18(13-19-22)25(23,24)21-10-8-20(9-11-21)14-17-7-5-6-15(2)12-17/h5-7,12-13H,4,8-11,14H2,1-3H3. The maximum Gasteiger partial charge on any atom is 0.246 e. The molecule has 0 radical (unpaired) electrons. The van der Waals surface area contributed by atoms with Crippen LogP contribution in [0.15, 0.2) is 35.4 Å². The Kier molecular flexibility index (Phi) is 5.27. The normalized spacial score (nSPS) is 17.1. The van der Waals surface area contributed by atoms with E-state index in [1.807, 2.05) is 13.8 Å². The van der Waals surface area contributed by atoms with Crippen molar-refractivity contribution in [3.05, 3.63) is 47.3 Å². The molecule has 1 aromatic carbocycles. The molecule has 6 nitrogen and oxygen atoms in total. The van der Waals surface area contributed by atoms with Gasteiger partial charge in [0, 0.05) is 39.3 Å². The largest absolute Gasteiger partial charge is 0.296 e. The lowest BCUT2D eigenvalue weighted by Gasteiger charge is -2.33. The highest BCUT2D eigenvalue weighted by molar-refractivity contribution is 7.89. The molecule has 25 heavy (non-hydrogen) atoms. The van der Waals surface area contributed by atoms with Crippen LogP contribution in [0, 0.1) is 13.8 Å². The lowest BCUT2D eigenvalue weighted by molar-refractivity contribution is 0.181. The van der Waals surface area contributed by atoms with Crippen molar-refractivity contribution in [3.63, 3.8) is 0 Å². The SMILES string of the molecule is CCn1ncc(S(=O)(=O)N2CCN(Cc3cccc(C)c3)CC2)c1C. The van der Waals surface area contributed by atoms with Crippen molar-refractivity contribution in [3.8, 4) is 0 Å². The van der Waals surface area contributed by atoms with Gasteiger partial charge in [-0.2, -0.15) is 9.40 Å². The predicted molar refractivity (Wildman–Crippen MR) is 97.9 cm³/mol. The van der Waals surface area contributed by atoms with Crippen LogP contribution in [0.1, 0.15) is 23.7 Å². The number of rotatable bonds is 5. The Hall–Kier alpha value is -1.70. The van der Waals surface area contributed by atoms with Gasteiger partial charge in [-0.3, -0.25) is 9.58 Å². The fraction of sp³-hybridized carbons (Fsp3) is 0.500. The molecule has 136 valence electrons. The van der Waals surface area contributed by atoms with Crippen LogP contribution in [-0.2, 0) is 23.1 Å². The van der Waals surface area contributed by atoms with Crippen molar-refractivity contribution in [2.75, 3.05) is 26.2 Å². The van der Waals surface area contributed by atoms with Crippen molar-refractivity contribution in [2.24, 2.45) is 0 Å². The van der Waals surface area contributed by atoms with E-state index >= 15 is 0 Å². The number of nitrogens with zero attached hydrogens (tertiary/aromatic N) is 4. The second kappa shape index (κ2) is 7.27. The lowest BCUT2D eigenvalue weighted by Crippen LogP contribution is -2.48. The quantitative estimate of drug-likeness (QED) is 0.817. The summed E-state index contributed by atoms with van der Waals surface area (Å²) in [6.45, 7) is 9.93. The second-order valence-electron chi connectivity index (χ2n) is 6.58. The molecule has 0 atom stereocenters. The van der Waals surface area contributed by atoms with Crippen LogP contribution in [0.2, 0.25) is 0 Å². The molecule has 1 aromatic heterocycles. The number of aromatic nitrogens is 2. The number of piperazine rings is 1. The topological polar surface area (TPSA) is 58.4 Å². The summed E-state index contributed by atoms with van der Waals surface area (Å²) in [7, 11) is -3.46. The van der Waals surface area contributed by atoms with Gasteiger partial charge in [-0.15, -0.1) is 0 Å². The minimum Gasteiger partial charge on any atom is -0.296 e. The van der Waals surface area contributed by atoms with Gasteiger partial charge in [0.15, 0.2) is 0 Å². The van der Waals surface area contributed by atoms with E-state index in [0.29, 0.717) is 30.2 Å². The zero-order valence-electron chi connectivity index (χ0n) is 15.1. The van der Waals surface area contributed by atoms with Gasteiger partial charge in [-0.1, -0.05) is 29.8 Å². The zero-order chi connectivity index (χ0) is 18.0. The van der Waals surface area contributed by atoms with Gasteiger partial charge in [-0.25, -0.2) is 8.42 Å². The Bertz CT molecular complexity index is 837. The summed E-state index contributed by atoms with van der Waals surface area (Å²) in [4.78, 5) is 2.64. The minimum absolute atomic E-state index is 0.335. The van der Waals surface area contributed by atoms with Crippen LogP contribution in [0.4, 0.5) is 0 Å². The molecule has 0 bridgehead atoms. The molecule has 0 saturated carbocycles. The van der Waals surface area contributed by atoms with E-state index in [0.717, 1.165) is 19.6 Å². The Morgan fingerprint density at radius 1 is 1.12 bits per heavy atom. The second-order valence-corrected chi connectivity index (χ2v) is 8.49. The highest BCUT2D eigenvalue weighted by Crippen LogP contribution is 2.21. The third-order valence-corrected chi connectivity index (χ3v) is 6.80. The van der Waals surface area contributed by atoms with Crippen LogP contribution in [0.25, 0.3) is 0 Å². The first-order valence-corrected chi connectivity index (χ1v) is 10.2. The monoisotopic (exact) mass is 362 g/mol. The van der Waals surface area contributed by atoms with E-state index in [1.54, 1.807) is 8.99 Å². The van der Waals surface area contributed by atoms with E-state index in [-0.39, 0.29) is 0 Å². The van der Waals surface area contributed by atoms with Crippen molar-refractivity contribution in [1.29, 1.82) is 0 Å². The molecule has 0 N–H and O–H groups in total. The first kappa shape index (κ1) is 18.1. The summed E-state index contributed by atoms with van der Waals surface area (Å²) in [6, 6.07) is 8.47. The van der Waals surface area contributed by atoms with Gasteiger partial charge < -0.3 is 0 Å². The van der Waals surface area contributed by atoms with Crippen molar-refractivity contribution >= 4 is 10.0 Å². The maximum absolute atomic E-state index is 12.9. The van der Waals surface area contributed by atoms with Crippen LogP contribution < -0.4 is 0 Å². The molecular formula is C18H26N4O2S. The van der Waals surface area contributed by atoms with E-state index in [2.05, 4.69) is 41.2 Å². The molecule has 1 saturated heterocycles. The van der Waals surface area contributed by atoms with Gasteiger partial charge in [0.1, 0.15) is 4.90 Å². The summed E-state index contributed by atoms with van der Waals surface area (Å²) in [5.74, 6) is 0. The Labute approximate surface area is 150 Å². The average molecular weight is 362 g/mol. The summed E-state index contributed by atoms with van der Waals surface area (Å²) in [5.41, 5.74) is 3.24. The predicted octanol–water partition coefficient (Wildman–Crippen LogP) is 2.03.